The Hall–Kier alpha value is -2.25. The maximum absolute atomic E-state index is 13.0. The lowest BCUT2D eigenvalue weighted by atomic mass is 10.0. The van der Waals surface area contributed by atoms with E-state index in [9.17, 15) is 4.79 Å². The van der Waals surface area contributed by atoms with Crippen LogP contribution in [0.5, 0.6) is 5.88 Å². The molecule has 1 aromatic heterocycles. The first kappa shape index (κ1) is 31.3. The van der Waals surface area contributed by atoms with Crippen molar-refractivity contribution >= 4 is 23.3 Å². The average Bonchev–Trinajstić information content (AvgIpc) is 3.41. The zero-order chi connectivity index (χ0) is 27.8. The van der Waals surface area contributed by atoms with Gasteiger partial charge in [0.1, 0.15) is 12.2 Å². The largest absolute Gasteiger partial charge is 0.475 e. The van der Waals surface area contributed by atoms with Gasteiger partial charge in [-0.05, 0) is 18.4 Å². The van der Waals surface area contributed by atoms with Crippen molar-refractivity contribution in [3.05, 3.63) is 47.7 Å². The molecule has 216 valence electrons. The summed E-state index contributed by atoms with van der Waals surface area (Å²) in [7, 11) is 2.21. The number of nitrogens with zero attached hydrogens (tertiary/aromatic N) is 3. The van der Waals surface area contributed by atoms with Crippen molar-refractivity contribution in [2.24, 2.45) is 0 Å². The molecule has 0 saturated heterocycles. The molecule has 0 amide bonds. The van der Waals surface area contributed by atoms with E-state index in [1.54, 1.807) is 0 Å². The summed E-state index contributed by atoms with van der Waals surface area (Å²) in [6.45, 7) is 6.77. The van der Waals surface area contributed by atoms with Gasteiger partial charge >= 0.3 is 5.97 Å². The van der Waals surface area contributed by atoms with Gasteiger partial charge in [0.2, 0.25) is 6.23 Å². The Kier molecular flexibility index (Phi) is 14.0. The second kappa shape index (κ2) is 17.4. The molecule has 1 aromatic carbocycles. The molecule has 7 heteroatoms. The second-order valence-electron chi connectivity index (χ2n) is 11.2. The van der Waals surface area contributed by atoms with E-state index in [-0.39, 0.29) is 12.2 Å². The molecule has 3 rings (SSSR count). The molecule has 2 unspecified atom stereocenters. The lowest BCUT2D eigenvalue weighted by Gasteiger charge is -2.42. The van der Waals surface area contributed by atoms with Crippen LogP contribution >= 0.6 is 11.7 Å². The highest BCUT2D eigenvalue weighted by Crippen LogP contribution is 2.32. The minimum Gasteiger partial charge on any atom is -0.475 e. The van der Waals surface area contributed by atoms with E-state index in [0.717, 1.165) is 50.0 Å². The van der Waals surface area contributed by atoms with Gasteiger partial charge in [-0.15, -0.1) is 4.37 Å². The number of hydrogen-bond acceptors (Lipinski definition) is 6. The first-order valence-electron chi connectivity index (χ1n) is 15.3. The summed E-state index contributed by atoms with van der Waals surface area (Å²) >= 11 is 1.21. The van der Waals surface area contributed by atoms with Gasteiger partial charge < -0.3 is 9.47 Å². The van der Waals surface area contributed by atoms with Crippen molar-refractivity contribution < 1.29 is 18.8 Å². The fourth-order valence-electron chi connectivity index (χ4n) is 5.29. The standard InChI is InChI=1S/C32H50N3O3S/c1-4-6-8-10-11-12-16-22-30(36)38-29(25-27-19-14-13-15-20-27)35(3)23-18-21-28(26-35)31-32(34-39-33-31)37-24-17-9-7-5-2/h13-15,19-21,29H,4-12,16-18,22-26H2,1-3H3/q+1. The molecule has 2 heterocycles. The zero-order valence-electron chi connectivity index (χ0n) is 24.5. The van der Waals surface area contributed by atoms with Gasteiger partial charge in [-0.1, -0.05) is 108 Å². The molecule has 6 nitrogen and oxygen atoms in total. The molecular weight excluding hydrogens is 506 g/mol. The van der Waals surface area contributed by atoms with Crippen molar-refractivity contribution in [1.82, 2.24) is 8.75 Å². The summed E-state index contributed by atoms with van der Waals surface area (Å²) in [4.78, 5) is 13.0. The smallest absolute Gasteiger partial charge is 0.310 e. The van der Waals surface area contributed by atoms with Gasteiger partial charge in [-0.25, -0.2) is 0 Å². The number of ether oxygens (including phenoxy) is 2. The third-order valence-electron chi connectivity index (χ3n) is 7.76. The Labute approximate surface area is 240 Å². The number of benzene rings is 1. The number of quaternary nitrogens is 1. The minimum absolute atomic E-state index is 0.0774. The lowest BCUT2D eigenvalue weighted by Crippen LogP contribution is -2.57. The minimum atomic E-state index is -0.252. The van der Waals surface area contributed by atoms with Crippen molar-refractivity contribution in [3.8, 4) is 5.88 Å². The third-order valence-corrected chi connectivity index (χ3v) is 8.27. The highest BCUT2D eigenvalue weighted by atomic mass is 32.1. The van der Waals surface area contributed by atoms with Crippen LogP contribution in [0.15, 0.2) is 36.4 Å². The summed E-state index contributed by atoms with van der Waals surface area (Å²) < 4.78 is 22.1. The molecule has 0 radical (unpaired) electrons. The van der Waals surface area contributed by atoms with Crippen molar-refractivity contribution in [3.63, 3.8) is 0 Å². The summed E-state index contributed by atoms with van der Waals surface area (Å²) in [5.74, 6) is 0.568. The molecule has 0 spiro atoms. The fraction of sp³-hybridized carbons (Fsp3) is 0.656. The number of aromatic nitrogens is 2. The van der Waals surface area contributed by atoms with Crippen LogP contribution in [-0.4, -0.2) is 52.2 Å². The number of unbranched alkanes of at least 4 members (excludes halogenated alkanes) is 9. The van der Waals surface area contributed by atoms with Gasteiger partial charge in [0.15, 0.2) is 0 Å². The summed E-state index contributed by atoms with van der Waals surface area (Å²) in [6, 6.07) is 10.4. The Bertz CT molecular complexity index is 994. The normalized spacial score (nSPS) is 18.0. The van der Waals surface area contributed by atoms with Crippen LogP contribution in [0.3, 0.4) is 0 Å². The Morgan fingerprint density at radius 3 is 2.38 bits per heavy atom. The van der Waals surface area contributed by atoms with Crippen molar-refractivity contribution in [2.75, 3.05) is 26.7 Å². The summed E-state index contributed by atoms with van der Waals surface area (Å²) in [5, 5.41) is 0. The van der Waals surface area contributed by atoms with Crippen LogP contribution in [0.1, 0.15) is 109 Å². The van der Waals surface area contributed by atoms with Gasteiger partial charge in [0.05, 0.1) is 38.3 Å². The lowest BCUT2D eigenvalue weighted by molar-refractivity contribution is -0.946. The molecular formula is C32H50N3O3S+. The van der Waals surface area contributed by atoms with Crippen LogP contribution in [-0.2, 0) is 16.0 Å². The molecule has 0 bridgehead atoms. The number of hydrogen-bond donors (Lipinski definition) is 0. The van der Waals surface area contributed by atoms with Crippen LogP contribution in [0.25, 0.3) is 5.57 Å². The van der Waals surface area contributed by atoms with Crippen LogP contribution in [0, 0.1) is 0 Å². The summed E-state index contributed by atoms with van der Waals surface area (Å²) in [6.07, 6.45) is 17.1. The molecule has 1 aliphatic heterocycles. The third kappa shape index (κ3) is 10.7. The zero-order valence-corrected chi connectivity index (χ0v) is 25.4. The van der Waals surface area contributed by atoms with E-state index in [1.807, 2.05) is 6.07 Å². The Morgan fingerprint density at radius 2 is 1.64 bits per heavy atom. The van der Waals surface area contributed by atoms with Crippen LogP contribution in [0.2, 0.25) is 0 Å². The summed E-state index contributed by atoms with van der Waals surface area (Å²) in [5.41, 5.74) is 3.18. The molecule has 1 aliphatic rings. The number of carbonyl (C=O) groups is 1. The Balaban J connectivity index is 1.63. The van der Waals surface area contributed by atoms with Gasteiger partial charge in [0, 0.05) is 18.4 Å². The van der Waals surface area contributed by atoms with Gasteiger partial charge in [-0.2, -0.15) is 4.37 Å². The predicted molar refractivity (Wildman–Crippen MR) is 161 cm³/mol. The second-order valence-corrected chi connectivity index (χ2v) is 11.7. The molecule has 2 aromatic rings. The monoisotopic (exact) mass is 556 g/mol. The van der Waals surface area contributed by atoms with E-state index in [4.69, 9.17) is 9.47 Å². The topological polar surface area (TPSA) is 61.3 Å². The molecule has 0 aliphatic carbocycles. The maximum Gasteiger partial charge on any atom is 0.310 e. The first-order chi connectivity index (χ1) is 19.1. The van der Waals surface area contributed by atoms with Crippen LogP contribution in [0.4, 0.5) is 0 Å². The first-order valence-corrected chi connectivity index (χ1v) is 16.0. The highest BCUT2D eigenvalue weighted by molar-refractivity contribution is 6.99. The maximum atomic E-state index is 13.0. The predicted octanol–water partition coefficient (Wildman–Crippen LogP) is 7.98. The molecule has 0 saturated carbocycles. The van der Waals surface area contributed by atoms with Gasteiger partial charge in [-0.3, -0.25) is 9.28 Å². The van der Waals surface area contributed by atoms with Crippen molar-refractivity contribution in [2.45, 2.75) is 110 Å². The van der Waals surface area contributed by atoms with E-state index < -0.39 is 0 Å². The average molecular weight is 557 g/mol. The van der Waals surface area contributed by atoms with E-state index >= 15 is 0 Å². The quantitative estimate of drug-likeness (QED) is 0.0997. The number of carbonyl (C=O) groups excluding carboxylic acids is 1. The van der Waals surface area contributed by atoms with E-state index in [2.05, 4.69) is 60.0 Å². The van der Waals surface area contributed by atoms with Gasteiger partial charge in [0.25, 0.3) is 5.88 Å². The fourth-order valence-corrected chi connectivity index (χ4v) is 5.83. The van der Waals surface area contributed by atoms with Crippen LogP contribution < -0.4 is 4.74 Å². The molecule has 0 fully saturated rings. The highest BCUT2D eigenvalue weighted by Gasteiger charge is 2.39. The van der Waals surface area contributed by atoms with E-state index in [1.165, 1.54) is 68.7 Å². The van der Waals surface area contributed by atoms with E-state index in [0.29, 0.717) is 29.8 Å². The van der Waals surface area contributed by atoms with Crippen molar-refractivity contribution in [1.29, 1.82) is 0 Å². The number of esters is 1. The Morgan fingerprint density at radius 1 is 0.949 bits per heavy atom. The molecule has 0 N–H and O–H groups in total. The SMILES string of the molecule is CCCCCCCCCC(=O)OC(Cc1ccccc1)[N+]1(C)CCC=C(c2nsnc2OCCCCCC)C1. The molecule has 2 atom stereocenters. The number of rotatable bonds is 19. The molecule has 39 heavy (non-hydrogen) atoms. The number of likely N-dealkylation sites (N-methyl/N-ethyl adjacent to an activating group) is 1.